The van der Waals surface area contributed by atoms with Crippen LogP contribution in [0.25, 0.3) is 11.1 Å². The number of ether oxygens (including phenoxy) is 1. The molecular formula is C24H21F2NO3. The summed E-state index contributed by atoms with van der Waals surface area (Å²) in [6.07, 6.45) is 3.40. The molecule has 3 aromatic rings. The molecule has 1 aromatic heterocycles. The van der Waals surface area contributed by atoms with Crippen molar-refractivity contribution in [3.63, 3.8) is 0 Å². The van der Waals surface area contributed by atoms with Gasteiger partial charge in [0.2, 0.25) is 0 Å². The molecule has 4 rings (SSSR count). The van der Waals surface area contributed by atoms with Gasteiger partial charge in [0.25, 0.3) is 0 Å². The van der Waals surface area contributed by atoms with E-state index in [0.29, 0.717) is 29.4 Å². The Labute approximate surface area is 173 Å². The number of carboxylic acid groups (broad SMARTS) is 1. The van der Waals surface area contributed by atoms with Crippen molar-refractivity contribution >= 4 is 5.97 Å². The molecule has 4 nitrogen and oxygen atoms in total. The van der Waals surface area contributed by atoms with Crippen molar-refractivity contribution in [3.8, 4) is 16.9 Å². The smallest absolute Gasteiger partial charge is 0.337 e. The van der Waals surface area contributed by atoms with E-state index in [1.54, 1.807) is 36.5 Å². The van der Waals surface area contributed by atoms with Gasteiger partial charge in [0.05, 0.1) is 17.9 Å². The number of pyridine rings is 1. The van der Waals surface area contributed by atoms with E-state index in [1.807, 2.05) is 6.92 Å². The van der Waals surface area contributed by atoms with Crippen molar-refractivity contribution in [2.45, 2.75) is 32.1 Å². The molecule has 0 radical (unpaired) electrons. The minimum atomic E-state index is -1.15. The summed E-state index contributed by atoms with van der Waals surface area (Å²) in [6, 6.07) is 11.1. The average molecular weight is 409 g/mol. The maximum atomic E-state index is 14.8. The first-order chi connectivity index (χ1) is 14.5. The Morgan fingerprint density at radius 3 is 2.50 bits per heavy atom. The number of carboxylic acids is 1. The molecular weight excluding hydrogens is 388 g/mol. The highest BCUT2D eigenvalue weighted by Crippen LogP contribution is 2.40. The number of rotatable bonds is 7. The van der Waals surface area contributed by atoms with Crippen LogP contribution in [0.3, 0.4) is 0 Å². The van der Waals surface area contributed by atoms with Crippen LogP contribution in [0.1, 0.15) is 52.9 Å². The number of carbonyl (C=O) groups is 1. The second-order valence-corrected chi connectivity index (χ2v) is 7.40. The summed E-state index contributed by atoms with van der Waals surface area (Å²) in [5.74, 6) is -1.67. The van der Waals surface area contributed by atoms with Gasteiger partial charge in [-0.1, -0.05) is 12.1 Å². The van der Waals surface area contributed by atoms with Gasteiger partial charge in [-0.2, -0.15) is 0 Å². The van der Waals surface area contributed by atoms with Crippen LogP contribution in [-0.4, -0.2) is 22.7 Å². The third-order valence-corrected chi connectivity index (χ3v) is 5.23. The lowest BCUT2D eigenvalue weighted by molar-refractivity contribution is 0.0695. The van der Waals surface area contributed by atoms with Crippen molar-refractivity contribution in [2.75, 3.05) is 6.61 Å². The van der Waals surface area contributed by atoms with Gasteiger partial charge >= 0.3 is 5.97 Å². The Bertz CT molecular complexity index is 1090. The van der Waals surface area contributed by atoms with Crippen molar-refractivity contribution in [2.24, 2.45) is 0 Å². The molecule has 0 bridgehead atoms. The third-order valence-electron chi connectivity index (χ3n) is 5.23. The van der Waals surface area contributed by atoms with Crippen molar-refractivity contribution in [3.05, 3.63) is 82.7 Å². The zero-order valence-corrected chi connectivity index (χ0v) is 16.5. The Morgan fingerprint density at radius 1 is 1.13 bits per heavy atom. The maximum Gasteiger partial charge on any atom is 0.337 e. The Kier molecular flexibility index (Phi) is 5.48. The van der Waals surface area contributed by atoms with Gasteiger partial charge in [-0.25, -0.2) is 13.6 Å². The van der Waals surface area contributed by atoms with E-state index in [9.17, 15) is 18.7 Å². The summed E-state index contributed by atoms with van der Waals surface area (Å²) in [7, 11) is 0. The molecule has 154 valence electrons. The number of hydrogen-bond donors (Lipinski definition) is 1. The fraction of sp³-hybridized carbons (Fsp3) is 0.250. The van der Waals surface area contributed by atoms with Crippen LogP contribution in [0.4, 0.5) is 8.78 Å². The maximum absolute atomic E-state index is 14.8. The largest absolute Gasteiger partial charge is 0.494 e. The first kappa shape index (κ1) is 20.0. The molecule has 1 fully saturated rings. The van der Waals surface area contributed by atoms with Crippen LogP contribution in [0.5, 0.6) is 5.75 Å². The molecule has 30 heavy (non-hydrogen) atoms. The van der Waals surface area contributed by atoms with Crippen LogP contribution in [0, 0.1) is 11.6 Å². The summed E-state index contributed by atoms with van der Waals surface area (Å²) >= 11 is 0. The highest BCUT2D eigenvalue weighted by Gasteiger charge is 2.26. The number of nitrogens with zero attached hydrogens (tertiary/aromatic N) is 1. The lowest BCUT2D eigenvalue weighted by atomic mass is 9.98. The van der Waals surface area contributed by atoms with Crippen molar-refractivity contribution in [1.82, 2.24) is 4.98 Å². The zero-order valence-electron chi connectivity index (χ0n) is 16.5. The Hall–Kier alpha value is -3.28. The number of halogens is 2. The van der Waals surface area contributed by atoms with Gasteiger partial charge in [0.15, 0.2) is 0 Å². The fourth-order valence-corrected chi connectivity index (χ4v) is 3.51. The first-order valence-electron chi connectivity index (χ1n) is 9.89. The number of benzene rings is 2. The van der Waals surface area contributed by atoms with E-state index in [0.717, 1.165) is 18.4 Å². The zero-order chi connectivity index (χ0) is 21.3. The van der Waals surface area contributed by atoms with Crippen LogP contribution in [0.15, 0.2) is 48.7 Å². The predicted octanol–water partition coefficient (Wildman–Crippen LogP) is 5.59. The summed E-state index contributed by atoms with van der Waals surface area (Å²) < 4.78 is 35.1. The van der Waals surface area contributed by atoms with E-state index >= 15 is 0 Å². The number of hydrogen-bond acceptors (Lipinski definition) is 3. The minimum Gasteiger partial charge on any atom is -0.494 e. The number of aromatic nitrogens is 1. The SMILES string of the molecule is CCOc1cccc(-c2cc(F)c(Cc3ncc(C4CC4)cc3C(=O)O)c(F)c2)c1. The van der Waals surface area contributed by atoms with Crippen molar-refractivity contribution < 1.29 is 23.4 Å². The predicted molar refractivity (Wildman–Crippen MR) is 109 cm³/mol. The lowest BCUT2D eigenvalue weighted by Crippen LogP contribution is -2.09. The van der Waals surface area contributed by atoms with Crippen LogP contribution in [0.2, 0.25) is 0 Å². The van der Waals surface area contributed by atoms with Crippen molar-refractivity contribution in [1.29, 1.82) is 0 Å². The molecule has 1 aliphatic rings. The first-order valence-corrected chi connectivity index (χ1v) is 9.89. The fourth-order valence-electron chi connectivity index (χ4n) is 3.51. The molecule has 0 spiro atoms. The monoisotopic (exact) mass is 409 g/mol. The van der Waals surface area contributed by atoms with Gasteiger partial charge in [0, 0.05) is 18.2 Å². The van der Waals surface area contributed by atoms with E-state index in [4.69, 9.17) is 4.74 Å². The average Bonchev–Trinajstić information content (AvgIpc) is 3.56. The summed E-state index contributed by atoms with van der Waals surface area (Å²) in [4.78, 5) is 15.9. The van der Waals surface area contributed by atoms with Crippen LogP contribution < -0.4 is 4.74 Å². The summed E-state index contributed by atoms with van der Waals surface area (Å²) in [5.41, 5.74) is 1.81. The molecule has 6 heteroatoms. The second kappa shape index (κ2) is 8.22. The minimum absolute atomic E-state index is 0.00769. The molecule has 1 saturated carbocycles. The molecule has 2 aromatic carbocycles. The molecule has 0 atom stereocenters. The summed E-state index contributed by atoms with van der Waals surface area (Å²) in [6.45, 7) is 2.35. The summed E-state index contributed by atoms with van der Waals surface area (Å²) in [5, 5.41) is 9.53. The van der Waals surface area contributed by atoms with E-state index in [1.165, 1.54) is 12.1 Å². The molecule has 0 aliphatic heterocycles. The van der Waals surface area contributed by atoms with E-state index in [2.05, 4.69) is 4.98 Å². The second-order valence-electron chi connectivity index (χ2n) is 7.40. The van der Waals surface area contributed by atoms with Gasteiger partial charge < -0.3 is 9.84 Å². The Balaban J connectivity index is 1.66. The molecule has 1 heterocycles. The molecule has 0 amide bonds. The standard InChI is InChI=1S/C24H21F2NO3/c1-2-30-18-5-3-4-15(8-18)16-10-21(25)19(22(26)11-16)12-23-20(24(28)29)9-17(13-27-23)14-6-7-14/h3-5,8-11,13-14H,2,6-7,12H2,1H3,(H,28,29). The normalized spacial score (nSPS) is 13.3. The quantitative estimate of drug-likeness (QED) is 0.552. The van der Waals surface area contributed by atoms with Crippen LogP contribution in [-0.2, 0) is 6.42 Å². The van der Waals surface area contributed by atoms with E-state index in [-0.39, 0.29) is 23.2 Å². The van der Waals surface area contributed by atoms with Gasteiger partial charge in [-0.15, -0.1) is 0 Å². The van der Waals surface area contributed by atoms with Crippen LogP contribution >= 0.6 is 0 Å². The van der Waals surface area contributed by atoms with Gasteiger partial charge in [0.1, 0.15) is 17.4 Å². The Morgan fingerprint density at radius 2 is 1.87 bits per heavy atom. The highest BCUT2D eigenvalue weighted by molar-refractivity contribution is 5.89. The molecule has 0 saturated heterocycles. The van der Waals surface area contributed by atoms with Gasteiger partial charge in [-0.3, -0.25) is 4.98 Å². The highest BCUT2D eigenvalue weighted by atomic mass is 19.1. The molecule has 1 aliphatic carbocycles. The third kappa shape index (κ3) is 4.17. The topological polar surface area (TPSA) is 59.4 Å². The molecule has 0 unspecified atom stereocenters. The lowest BCUT2D eigenvalue weighted by Gasteiger charge is -2.12. The number of aromatic carboxylic acids is 1. The van der Waals surface area contributed by atoms with E-state index < -0.39 is 17.6 Å². The van der Waals surface area contributed by atoms with Gasteiger partial charge in [-0.05, 0) is 72.7 Å². The molecule has 1 N–H and O–H groups in total.